The molecule has 138 valence electrons. The first-order chi connectivity index (χ1) is 12.9. The molecule has 1 aliphatic heterocycles. The first kappa shape index (κ1) is 18.2. The summed E-state index contributed by atoms with van der Waals surface area (Å²) in [6.07, 6.45) is 0. The van der Waals surface area contributed by atoms with E-state index >= 15 is 0 Å². The summed E-state index contributed by atoms with van der Waals surface area (Å²) in [5.74, 6) is -1.38. The first-order valence-corrected chi connectivity index (χ1v) is 8.01. The van der Waals surface area contributed by atoms with Crippen LogP contribution in [-0.2, 0) is 9.53 Å². The highest BCUT2D eigenvalue weighted by molar-refractivity contribution is 6.32. The highest BCUT2D eigenvalue weighted by Gasteiger charge is 2.27. The van der Waals surface area contributed by atoms with Crippen LogP contribution in [-0.4, -0.2) is 30.1 Å². The average molecular weight is 367 g/mol. The summed E-state index contributed by atoms with van der Waals surface area (Å²) in [6, 6.07) is 11.2. The van der Waals surface area contributed by atoms with Crippen molar-refractivity contribution in [3.63, 3.8) is 0 Å². The summed E-state index contributed by atoms with van der Waals surface area (Å²) in [5, 5.41) is 14.5. The van der Waals surface area contributed by atoms with Gasteiger partial charge < -0.3 is 15.4 Å². The van der Waals surface area contributed by atoms with E-state index in [2.05, 4.69) is 10.6 Å². The third-order valence-electron chi connectivity index (χ3n) is 4.14. The van der Waals surface area contributed by atoms with Crippen LogP contribution in [0.2, 0.25) is 0 Å². The largest absolute Gasteiger partial charge is 0.465 e. The number of nitrogens with one attached hydrogen (secondary N) is 3. The molecule has 0 fully saturated rings. The Morgan fingerprint density at radius 3 is 2.37 bits per heavy atom. The van der Waals surface area contributed by atoms with Crippen LogP contribution in [0.1, 0.15) is 33.2 Å². The van der Waals surface area contributed by atoms with Gasteiger partial charge in [0.25, 0.3) is 11.8 Å². The SMILES string of the molecule is COC(=O)c1ccc2c(c1)/C(=C(/C)Nc1ccc(C(=O)NO)cc1)C(=O)N2. The lowest BCUT2D eigenvalue weighted by Gasteiger charge is -2.10. The van der Waals surface area contributed by atoms with Crippen LogP contribution in [0.25, 0.3) is 5.57 Å². The molecule has 0 atom stereocenters. The second-order valence-corrected chi connectivity index (χ2v) is 5.85. The number of carbonyl (C=O) groups excluding carboxylic acids is 3. The molecule has 0 unspecified atom stereocenters. The number of hydrogen-bond donors (Lipinski definition) is 4. The Labute approximate surface area is 154 Å². The standard InChI is InChI=1S/C19H17N3O5/c1-10(20-13-6-3-11(4-7-13)17(23)22-26)16-14-9-12(19(25)27-2)5-8-15(14)21-18(16)24/h3-9,20,26H,1-2H3,(H,21,24)(H,22,23)/b16-10+. The number of hydrogen-bond acceptors (Lipinski definition) is 6. The second-order valence-electron chi connectivity index (χ2n) is 5.85. The minimum absolute atomic E-state index is 0.284. The average Bonchev–Trinajstić information content (AvgIpc) is 3.02. The van der Waals surface area contributed by atoms with Crippen molar-refractivity contribution >= 4 is 34.7 Å². The summed E-state index contributed by atoms with van der Waals surface area (Å²) in [4.78, 5) is 35.5. The van der Waals surface area contributed by atoms with Crippen molar-refractivity contribution in [3.05, 3.63) is 64.9 Å². The first-order valence-electron chi connectivity index (χ1n) is 8.01. The topological polar surface area (TPSA) is 117 Å². The molecule has 1 aliphatic rings. The van der Waals surface area contributed by atoms with E-state index in [4.69, 9.17) is 9.94 Å². The third kappa shape index (κ3) is 3.51. The maximum atomic E-state index is 12.4. The molecule has 27 heavy (non-hydrogen) atoms. The van der Waals surface area contributed by atoms with E-state index in [9.17, 15) is 14.4 Å². The van der Waals surface area contributed by atoms with Gasteiger partial charge >= 0.3 is 5.97 Å². The van der Waals surface area contributed by atoms with E-state index in [0.29, 0.717) is 39.3 Å². The predicted octanol–water partition coefficient (Wildman–Crippen LogP) is 2.39. The second kappa shape index (κ2) is 7.30. The van der Waals surface area contributed by atoms with E-state index in [1.165, 1.54) is 19.2 Å². The van der Waals surface area contributed by atoms with Crippen LogP contribution in [0.15, 0.2) is 48.2 Å². The minimum Gasteiger partial charge on any atom is -0.465 e. The molecule has 0 spiro atoms. The third-order valence-corrected chi connectivity index (χ3v) is 4.14. The molecule has 0 aromatic heterocycles. The fraction of sp³-hybridized carbons (Fsp3) is 0.105. The van der Waals surface area contributed by atoms with Gasteiger partial charge in [0.1, 0.15) is 0 Å². The number of hydroxylamine groups is 1. The van der Waals surface area contributed by atoms with Gasteiger partial charge in [-0.15, -0.1) is 0 Å². The Morgan fingerprint density at radius 1 is 1.07 bits per heavy atom. The molecule has 0 saturated carbocycles. The van der Waals surface area contributed by atoms with Crippen LogP contribution in [0.3, 0.4) is 0 Å². The van der Waals surface area contributed by atoms with E-state index in [1.807, 2.05) is 0 Å². The monoisotopic (exact) mass is 367 g/mol. The van der Waals surface area contributed by atoms with Crippen LogP contribution in [0, 0.1) is 0 Å². The molecule has 3 rings (SSSR count). The summed E-state index contributed by atoms with van der Waals surface area (Å²) >= 11 is 0. The van der Waals surface area contributed by atoms with Gasteiger partial charge in [-0.2, -0.15) is 0 Å². The summed E-state index contributed by atoms with van der Waals surface area (Å²) in [6.45, 7) is 1.74. The lowest BCUT2D eigenvalue weighted by Crippen LogP contribution is -2.18. The number of allylic oxidation sites excluding steroid dienone is 1. The van der Waals surface area contributed by atoms with Crippen molar-refractivity contribution in [1.82, 2.24) is 5.48 Å². The maximum Gasteiger partial charge on any atom is 0.337 e. The number of anilines is 2. The Bertz CT molecular complexity index is 964. The highest BCUT2D eigenvalue weighted by Crippen LogP contribution is 2.35. The fourth-order valence-corrected chi connectivity index (χ4v) is 2.83. The molecule has 2 aromatic carbocycles. The van der Waals surface area contributed by atoms with Crippen LogP contribution >= 0.6 is 0 Å². The molecule has 0 bridgehead atoms. The predicted molar refractivity (Wildman–Crippen MR) is 98.3 cm³/mol. The van der Waals surface area contributed by atoms with E-state index in [0.717, 1.165) is 0 Å². The van der Waals surface area contributed by atoms with Crippen molar-refractivity contribution < 1.29 is 24.3 Å². The zero-order valence-electron chi connectivity index (χ0n) is 14.6. The quantitative estimate of drug-likeness (QED) is 0.285. The molecule has 0 saturated heterocycles. The lowest BCUT2D eigenvalue weighted by molar-refractivity contribution is -0.110. The van der Waals surface area contributed by atoms with Gasteiger partial charge in [-0.3, -0.25) is 14.8 Å². The zero-order chi connectivity index (χ0) is 19.6. The van der Waals surface area contributed by atoms with Gasteiger partial charge in [0.15, 0.2) is 0 Å². The molecule has 0 radical (unpaired) electrons. The highest BCUT2D eigenvalue weighted by atomic mass is 16.5. The van der Waals surface area contributed by atoms with E-state index < -0.39 is 11.9 Å². The molecule has 2 aromatic rings. The van der Waals surface area contributed by atoms with Crippen molar-refractivity contribution in [2.75, 3.05) is 17.7 Å². The lowest BCUT2D eigenvalue weighted by atomic mass is 10.0. The van der Waals surface area contributed by atoms with Crippen molar-refractivity contribution in [1.29, 1.82) is 0 Å². The number of carbonyl (C=O) groups is 3. The molecule has 1 heterocycles. The fourth-order valence-electron chi connectivity index (χ4n) is 2.83. The van der Waals surface area contributed by atoms with Crippen molar-refractivity contribution in [2.24, 2.45) is 0 Å². The number of fused-ring (bicyclic) bond motifs is 1. The molecule has 8 nitrogen and oxygen atoms in total. The molecular weight excluding hydrogens is 350 g/mol. The van der Waals surface area contributed by atoms with Crippen molar-refractivity contribution in [3.8, 4) is 0 Å². The molecule has 2 amide bonds. The number of ether oxygens (including phenoxy) is 1. The van der Waals surface area contributed by atoms with Gasteiger partial charge in [0, 0.05) is 28.2 Å². The summed E-state index contributed by atoms with van der Waals surface area (Å²) in [5.41, 5.74) is 5.05. The zero-order valence-corrected chi connectivity index (χ0v) is 14.6. The van der Waals surface area contributed by atoms with E-state index in [1.54, 1.807) is 42.7 Å². The van der Waals surface area contributed by atoms with Crippen molar-refractivity contribution in [2.45, 2.75) is 6.92 Å². The van der Waals surface area contributed by atoms with Gasteiger partial charge in [-0.25, -0.2) is 10.3 Å². The number of benzene rings is 2. The molecular formula is C19H17N3O5. The summed E-state index contributed by atoms with van der Waals surface area (Å²) < 4.78 is 4.73. The van der Waals surface area contributed by atoms with E-state index in [-0.39, 0.29) is 5.91 Å². The van der Waals surface area contributed by atoms with Gasteiger partial charge in [-0.1, -0.05) is 0 Å². The molecule has 8 heteroatoms. The Kier molecular flexibility index (Phi) is 4.91. The van der Waals surface area contributed by atoms with Gasteiger partial charge in [-0.05, 0) is 49.4 Å². The smallest absolute Gasteiger partial charge is 0.337 e. The molecule has 4 N–H and O–H groups in total. The molecule has 0 aliphatic carbocycles. The van der Waals surface area contributed by atoms with Gasteiger partial charge in [0.2, 0.25) is 0 Å². The number of amides is 2. The summed E-state index contributed by atoms with van der Waals surface area (Å²) in [7, 11) is 1.29. The van der Waals surface area contributed by atoms with Crippen LogP contribution in [0.4, 0.5) is 11.4 Å². The maximum absolute atomic E-state index is 12.4. The normalized spacial score (nSPS) is 14.1. The van der Waals surface area contributed by atoms with Crippen LogP contribution < -0.4 is 16.1 Å². The Balaban J connectivity index is 1.93. The number of methoxy groups -OCH3 is 1. The Hall–Kier alpha value is -3.65. The van der Waals surface area contributed by atoms with Gasteiger partial charge in [0.05, 0.1) is 18.2 Å². The minimum atomic E-state index is -0.615. The Morgan fingerprint density at radius 2 is 1.74 bits per heavy atom. The number of esters is 1. The number of rotatable bonds is 4. The van der Waals surface area contributed by atoms with Crippen LogP contribution in [0.5, 0.6) is 0 Å².